The largest absolute Gasteiger partial charge is 0.502 e. The number of ether oxygens (including phenoxy) is 2. The number of aromatic nitrogens is 4. The van der Waals surface area contributed by atoms with Gasteiger partial charge in [-0.05, 0) is 125 Å². The molecule has 72 heavy (non-hydrogen) atoms. The summed E-state index contributed by atoms with van der Waals surface area (Å²) in [6, 6.07) is 20.3. The molecule has 8 rings (SSSR count). The van der Waals surface area contributed by atoms with Crippen LogP contribution in [-0.2, 0) is 42.5 Å². The second kappa shape index (κ2) is 22.3. The molecule has 22 heteroatoms. The number of nitrogens with one attached hydrogen (secondary N) is 2. The van der Waals surface area contributed by atoms with Crippen LogP contribution in [0.3, 0.4) is 0 Å². The monoisotopic (exact) mass is 1020 g/mol. The first-order valence-electron chi connectivity index (χ1n) is 23.0. The highest BCUT2D eigenvalue weighted by Crippen LogP contribution is 2.40. The first-order valence-corrected chi connectivity index (χ1v) is 26.3. The first-order chi connectivity index (χ1) is 34.2. The van der Waals surface area contributed by atoms with Crippen LogP contribution >= 0.6 is 0 Å². The molecule has 0 radical (unpaired) electrons. The Bertz CT molecular complexity index is 3300. The van der Waals surface area contributed by atoms with Crippen LogP contribution < -0.4 is 18.9 Å². The predicted octanol–water partition coefficient (Wildman–Crippen LogP) is 8.25. The Morgan fingerprint density at radius 3 is 1.53 bits per heavy atom. The molecule has 2 aromatic heterocycles. The minimum atomic E-state index is -3.98. The summed E-state index contributed by atoms with van der Waals surface area (Å²) in [4.78, 5) is 40.3. The van der Waals surface area contributed by atoms with E-state index in [1.165, 1.54) is 19.0 Å². The molecule has 2 atom stereocenters. The van der Waals surface area contributed by atoms with E-state index in [-0.39, 0.29) is 24.0 Å². The van der Waals surface area contributed by atoms with E-state index < -0.39 is 55.5 Å². The fraction of sp³-hybridized carbons (Fsp3) is 0.360. The van der Waals surface area contributed by atoms with Crippen molar-refractivity contribution in [2.45, 2.75) is 90.5 Å². The Kier molecular flexibility index (Phi) is 16.2. The van der Waals surface area contributed by atoms with E-state index >= 15 is 0 Å². The van der Waals surface area contributed by atoms with E-state index in [2.05, 4.69) is 39.4 Å². The molecule has 0 bridgehead atoms. The first kappa shape index (κ1) is 52.3. The van der Waals surface area contributed by atoms with E-state index in [4.69, 9.17) is 36.8 Å². The zero-order chi connectivity index (χ0) is 51.9. The average Bonchev–Trinajstić information content (AvgIpc) is 4.02. The van der Waals surface area contributed by atoms with Crippen molar-refractivity contribution < 1.29 is 50.1 Å². The van der Waals surface area contributed by atoms with Gasteiger partial charge in [-0.25, -0.2) is 36.0 Å². The van der Waals surface area contributed by atoms with Crippen molar-refractivity contribution in [3.63, 3.8) is 0 Å². The molecule has 3 N–H and O–H groups in total. The van der Waals surface area contributed by atoms with Gasteiger partial charge in [0.15, 0.2) is 5.75 Å². The molecule has 6 aromatic rings. The van der Waals surface area contributed by atoms with Gasteiger partial charge in [0.2, 0.25) is 49.0 Å². The Balaban J connectivity index is 0.000000212. The third-order valence-electron chi connectivity index (χ3n) is 11.5. The third-order valence-corrected chi connectivity index (χ3v) is 14.0. The van der Waals surface area contributed by atoms with Gasteiger partial charge in [0.25, 0.3) is 11.8 Å². The summed E-state index contributed by atoms with van der Waals surface area (Å²) >= 11 is 0. The summed E-state index contributed by atoms with van der Waals surface area (Å²) in [6.45, 7) is 22.5. The molecule has 0 saturated heterocycles. The maximum absolute atomic E-state index is 12.6. The van der Waals surface area contributed by atoms with Crippen LogP contribution in [0.25, 0.3) is 55.4 Å². The van der Waals surface area contributed by atoms with Gasteiger partial charge in [-0.15, -0.1) is 0 Å². The number of hydrogen-bond donors (Lipinski definition) is 3. The van der Waals surface area contributed by atoms with Gasteiger partial charge in [0.05, 0.1) is 25.4 Å². The molecule has 0 fully saturated rings. The minimum absolute atomic E-state index is 0.0626. The van der Waals surface area contributed by atoms with Crippen molar-refractivity contribution in [1.29, 1.82) is 0 Å². The molecular formula is C50H53N9O11S2. The van der Waals surface area contributed by atoms with Crippen molar-refractivity contribution >= 4 is 43.3 Å². The molecule has 20 nitrogen and oxygen atoms in total. The van der Waals surface area contributed by atoms with Gasteiger partial charge in [0.1, 0.15) is 17.3 Å². The summed E-state index contributed by atoms with van der Waals surface area (Å²) in [5, 5.41) is 17.2. The highest BCUT2D eigenvalue weighted by atomic mass is 32.2. The summed E-state index contributed by atoms with van der Waals surface area (Å²) in [7, 11) is -4.76. The fourth-order valence-electron chi connectivity index (χ4n) is 8.42. The number of carboxylic acids is 1. The quantitative estimate of drug-likeness (QED) is 0.0772. The second-order valence-electron chi connectivity index (χ2n) is 17.8. The van der Waals surface area contributed by atoms with Crippen LogP contribution in [0.15, 0.2) is 81.8 Å². The SMILES string of the molecule is [C-]#[N+]c1cc(-c2nc(-c3cccc4c3CCC[C@H]4NS(=O)(=O)CC(=O)N(C)C)no2)ccc1OC(C)C.[C-]#[N+]c1cc(-c2nc(-c3cccc4c3CCC[C@H]4NS(=O)(=O)CC(=O)O)no2)ccc1OC(C)C. The number of aliphatic carboxylic acids is 1. The Hall–Kier alpha value is -7.50. The smallest absolute Gasteiger partial charge is 0.320 e. The number of rotatable bonds is 16. The van der Waals surface area contributed by atoms with Crippen LogP contribution in [0.4, 0.5) is 11.4 Å². The maximum Gasteiger partial charge on any atom is 0.320 e. The van der Waals surface area contributed by atoms with Crippen molar-refractivity contribution in [2.75, 3.05) is 25.6 Å². The van der Waals surface area contributed by atoms with Crippen LogP contribution in [0.5, 0.6) is 11.5 Å². The molecule has 376 valence electrons. The molecule has 2 heterocycles. The highest BCUT2D eigenvalue weighted by Gasteiger charge is 2.31. The number of carbonyl (C=O) groups excluding carboxylic acids is 1. The number of amides is 1. The number of hydrogen-bond acceptors (Lipinski definition) is 14. The van der Waals surface area contributed by atoms with Crippen molar-refractivity contribution in [2.24, 2.45) is 0 Å². The third kappa shape index (κ3) is 12.7. The topological polar surface area (TPSA) is 255 Å². The lowest BCUT2D eigenvalue weighted by molar-refractivity contribution is -0.134. The lowest BCUT2D eigenvalue weighted by atomic mass is 9.85. The molecule has 1 amide bonds. The van der Waals surface area contributed by atoms with Gasteiger partial charge in [0, 0.05) is 48.4 Å². The van der Waals surface area contributed by atoms with Crippen LogP contribution in [0, 0.1) is 13.1 Å². The van der Waals surface area contributed by atoms with E-state index in [0.717, 1.165) is 40.7 Å². The van der Waals surface area contributed by atoms with Crippen molar-refractivity contribution in [3.05, 3.63) is 118 Å². The van der Waals surface area contributed by atoms with E-state index in [9.17, 15) is 26.4 Å². The molecule has 2 aliphatic carbocycles. The van der Waals surface area contributed by atoms with Gasteiger partial charge < -0.3 is 28.5 Å². The zero-order valence-corrected chi connectivity index (χ0v) is 42.0. The Morgan fingerprint density at radius 1 is 0.708 bits per heavy atom. The molecule has 0 unspecified atom stereocenters. The van der Waals surface area contributed by atoms with Gasteiger partial charge in [-0.1, -0.05) is 46.7 Å². The highest BCUT2D eigenvalue weighted by molar-refractivity contribution is 7.90. The molecule has 0 saturated carbocycles. The number of sulfonamides is 2. The number of fused-ring (bicyclic) bond motifs is 2. The van der Waals surface area contributed by atoms with E-state index in [1.54, 1.807) is 42.5 Å². The second-order valence-corrected chi connectivity index (χ2v) is 21.3. The predicted molar refractivity (Wildman–Crippen MR) is 266 cm³/mol. The van der Waals surface area contributed by atoms with Crippen molar-refractivity contribution in [3.8, 4) is 57.2 Å². The number of carbonyl (C=O) groups is 2. The summed E-state index contributed by atoms with van der Waals surface area (Å²) < 4.78 is 77.3. The number of nitrogens with zero attached hydrogens (tertiary/aromatic N) is 7. The van der Waals surface area contributed by atoms with Crippen molar-refractivity contribution in [1.82, 2.24) is 34.6 Å². The van der Waals surface area contributed by atoms with E-state index in [1.807, 2.05) is 58.0 Å². The molecule has 2 aliphatic rings. The fourth-order valence-corrected chi connectivity index (χ4v) is 10.8. The van der Waals surface area contributed by atoms with E-state index in [0.29, 0.717) is 76.9 Å². The van der Waals surface area contributed by atoms with Gasteiger partial charge >= 0.3 is 5.97 Å². The standard InChI is InChI=1S/C26H29N5O5S.C24H24N4O6S/c1-16(2)35-23-13-12-17(14-22(23)27-3)26-28-25(29-36-26)20-10-6-9-19-18(20)8-7-11-21(19)30-37(33,34)15-24(32)31(4)5;1-14(2)33-21-11-10-15(12-20(21)25-3)24-26-23(27-34-24)18-8-4-7-17-16(18)6-5-9-19(17)28-35(31,32)13-22(29)30/h6,9-10,12-14,16,21,30H,7-8,11,15H2,1-2,4-5H3;4,7-8,10-12,14,19,28H,5-6,9,13H2,1-2H3,(H,29,30)/t21-;19-/m11/s1. The number of benzene rings is 4. The molecule has 0 spiro atoms. The summed E-state index contributed by atoms with van der Waals surface area (Å²) in [6.07, 6.45) is 3.93. The lowest BCUT2D eigenvalue weighted by Crippen LogP contribution is -2.38. The zero-order valence-electron chi connectivity index (χ0n) is 40.4. The van der Waals surface area contributed by atoms with Crippen LogP contribution in [0.1, 0.15) is 87.7 Å². The molecule has 4 aromatic carbocycles. The normalized spacial score (nSPS) is 15.3. The lowest BCUT2D eigenvalue weighted by Gasteiger charge is -2.27. The average molecular weight is 1020 g/mol. The maximum atomic E-state index is 12.6. The van der Waals surface area contributed by atoms with Gasteiger partial charge in [-0.2, -0.15) is 9.97 Å². The minimum Gasteiger partial charge on any atom is -0.502 e. The molecule has 0 aliphatic heterocycles. The van der Waals surface area contributed by atoms with Crippen LogP contribution in [0.2, 0.25) is 0 Å². The van der Waals surface area contributed by atoms with Crippen LogP contribution in [-0.4, -0.2) is 96.8 Å². The molecular weight excluding hydrogens is 967 g/mol. The number of carboxylic acid groups (broad SMARTS) is 1. The Morgan fingerprint density at radius 2 is 1.14 bits per heavy atom. The summed E-state index contributed by atoms with van der Waals surface area (Å²) in [5.41, 5.74) is 6.76. The Labute approximate surface area is 417 Å². The van der Waals surface area contributed by atoms with Gasteiger partial charge in [-0.3, -0.25) is 9.59 Å². The summed E-state index contributed by atoms with van der Waals surface area (Å²) in [5.74, 6) is -1.28.